The zero-order valence-corrected chi connectivity index (χ0v) is 8.26. The molecule has 0 bridgehead atoms. The fourth-order valence-electron chi connectivity index (χ4n) is 2.12. The van der Waals surface area contributed by atoms with Crippen LogP contribution in [0.25, 0.3) is 10.4 Å². The van der Waals surface area contributed by atoms with Crippen molar-refractivity contribution >= 4 is 5.91 Å². The van der Waals surface area contributed by atoms with Gasteiger partial charge in [-0.05, 0) is 41.0 Å². The molecule has 1 unspecified atom stereocenters. The Morgan fingerprint density at radius 3 is 3.07 bits per heavy atom. The van der Waals surface area contributed by atoms with Crippen molar-refractivity contribution in [1.82, 2.24) is 0 Å². The number of benzene rings is 1. The maximum absolute atomic E-state index is 11.5. The Balaban J connectivity index is 2.37. The molecule has 1 aromatic carbocycles. The second-order valence-corrected chi connectivity index (χ2v) is 3.67. The van der Waals surface area contributed by atoms with E-state index in [1.54, 1.807) is 0 Å². The number of rotatable bonds is 1. The maximum atomic E-state index is 11.5. The van der Waals surface area contributed by atoms with Crippen molar-refractivity contribution in [2.24, 2.45) is 5.11 Å². The summed E-state index contributed by atoms with van der Waals surface area (Å²) in [5, 5.41) is 3.19. The quantitative estimate of drug-likeness (QED) is 0.391. The van der Waals surface area contributed by atoms with Gasteiger partial charge in [0.05, 0.1) is 0 Å². The third-order valence-electron chi connectivity index (χ3n) is 2.81. The fourth-order valence-corrected chi connectivity index (χ4v) is 2.12. The van der Waals surface area contributed by atoms with Gasteiger partial charge in [-0.2, -0.15) is 0 Å². The van der Waals surface area contributed by atoms with E-state index < -0.39 is 0 Å². The number of carbonyl (C=O) groups excluding carboxylic acids is 1. The van der Waals surface area contributed by atoms with Crippen molar-refractivity contribution in [3.8, 4) is 0 Å². The van der Waals surface area contributed by atoms with Crippen molar-refractivity contribution in [2.45, 2.75) is 25.2 Å². The Bertz CT molecular complexity index is 435. The largest absolute Gasteiger partial charge is 0.292 e. The lowest BCUT2D eigenvalue weighted by atomic mass is 9.82. The van der Waals surface area contributed by atoms with E-state index in [4.69, 9.17) is 5.53 Å². The van der Waals surface area contributed by atoms with Crippen LogP contribution >= 0.6 is 0 Å². The fraction of sp³-hybridized carbons (Fsp3) is 0.364. The lowest BCUT2D eigenvalue weighted by Crippen LogP contribution is -2.16. The van der Waals surface area contributed by atoms with Crippen molar-refractivity contribution in [2.75, 3.05) is 0 Å². The van der Waals surface area contributed by atoms with Crippen LogP contribution in [0, 0.1) is 0 Å². The minimum absolute atomic E-state index is 0.231. The van der Waals surface area contributed by atoms with Crippen LogP contribution in [0.5, 0.6) is 0 Å². The molecular formula is C11H11N3O. The van der Waals surface area contributed by atoms with Crippen LogP contribution in [-0.2, 0) is 11.2 Å². The second kappa shape index (κ2) is 4.15. The molecule has 76 valence electrons. The lowest BCUT2D eigenvalue weighted by Gasteiger charge is -2.22. The number of hydrogen-bond donors (Lipinski definition) is 0. The van der Waals surface area contributed by atoms with Crippen molar-refractivity contribution in [1.29, 1.82) is 0 Å². The Labute approximate surface area is 87.5 Å². The van der Waals surface area contributed by atoms with E-state index in [0.29, 0.717) is 0 Å². The van der Waals surface area contributed by atoms with Gasteiger partial charge in [0.15, 0.2) is 0 Å². The Kier molecular flexibility index (Phi) is 2.70. The van der Waals surface area contributed by atoms with E-state index in [0.717, 1.165) is 24.8 Å². The molecule has 0 aromatic heterocycles. The first-order chi connectivity index (χ1) is 7.33. The van der Waals surface area contributed by atoms with Gasteiger partial charge < -0.3 is 0 Å². The predicted octanol–water partition coefficient (Wildman–Crippen LogP) is 2.94. The van der Waals surface area contributed by atoms with Crippen molar-refractivity contribution < 1.29 is 4.79 Å². The average Bonchev–Trinajstić information content (AvgIpc) is 2.28. The van der Waals surface area contributed by atoms with Crippen LogP contribution in [0.1, 0.15) is 29.9 Å². The summed E-state index contributed by atoms with van der Waals surface area (Å²) in [7, 11) is 0. The van der Waals surface area contributed by atoms with Crippen LogP contribution in [0.15, 0.2) is 29.4 Å². The van der Waals surface area contributed by atoms with Gasteiger partial charge in [-0.3, -0.25) is 4.79 Å². The average molecular weight is 201 g/mol. The van der Waals surface area contributed by atoms with Gasteiger partial charge in [-0.15, -0.1) is 0 Å². The van der Waals surface area contributed by atoms with E-state index in [1.807, 2.05) is 24.3 Å². The highest BCUT2D eigenvalue weighted by Crippen LogP contribution is 2.32. The van der Waals surface area contributed by atoms with Crippen LogP contribution in [0.3, 0.4) is 0 Å². The first kappa shape index (κ1) is 9.74. The molecule has 0 heterocycles. The molecule has 4 heteroatoms. The molecule has 1 aromatic rings. The molecule has 0 spiro atoms. The van der Waals surface area contributed by atoms with Crippen LogP contribution < -0.4 is 0 Å². The Hall–Kier alpha value is -1.80. The summed E-state index contributed by atoms with van der Waals surface area (Å²) >= 11 is 0. The molecule has 0 radical (unpaired) electrons. The summed E-state index contributed by atoms with van der Waals surface area (Å²) in [6.07, 6.45) is 2.78. The van der Waals surface area contributed by atoms with Gasteiger partial charge in [-0.1, -0.05) is 24.3 Å². The van der Waals surface area contributed by atoms with Gasteiger partial charge in [0, 0.05) is 10.8 Å². The number of nitrogens with zero attached hydrogens (tertiary/aromatic N) is 3. The van der Waals surface area contributed by atoms with E-state index in [2.05, 4.69) is 10.0 Å². The molecule has 0 saturated carbocycles. The topological polar surface area (TPSA) is 65.8 Å². The number of azide groups is 1. The summed E-state index contributed by atoms with van der Waals surface area (Å²) in [5.74, 6) is -0.587. The first-order valence-corrected chi connectivity index (χ1v) is 4.99. The van der Waals surface area contributed by atoms with Gasteiger partial charge in [0.1, 0.15) is 0 Å². The summed E-state index contributed by atoms with van der Waals surface area (Å²) in [6.45, 7) is 0. The molecule has 1 amide bonds. The van der Waals surface area contributed by atoms with E-state index in [-0.39, 0.29) is 11.8 Å². The predicted molar refractivity (Wildman–Crippen MR) is 56.3 cm³/mol. The SMILES string of the molecule is [N-]=[N+]=NC(=O)C1CCCc2ccccc21. The molecule has 1 atom stereocenters. The molecule has 1 aliphatic carbocycles. The molecule has 2 rings (SSSR count). The number of hydrogen-bond acceptors (Lipinski definition) is 1. The molecular weight excluding hydrogens is 190 g/mol. The molecule has 4 nitrogen and oxygen atoms in total. The standard InChI is InChI=1S/C11H11N3O/c12-14-13-11(15)10-7-3-5-8-4-1-2-6-9(8)10/h1-2,4,6,10H,3,5,7H2. The molecule has 1 aliphatic rings. The zero-order valence-electron chi connectivity index (χ0n) is 8.26. The monoisotopic (exact) mass is 201 g/mol. The summed E-state index contributed by atoms with van der Waals surface area (Å²) in [4.78, 5) is 14.1. The summed E-state index contributed by atoms with van der Waals surface area (Å²) in [5.41, 5.74) is 10.5. The third-order valence-corrected chi connectivity index (χ3v) is 2.81. The highest BCUT2D eigenvalue weighted by Gasteiger charge is 2.24. The van der Waals surface area contributed by atoms with Crippen molar-refractivity contribution in [3.63, 3.8) is 0 Å². The Morgan fingerprint density at radius 2 is 2.27 bits per heavy atom. The van der Waals surface area contributed by atoms with Gasteiger partial charge in [-0.25, -0.2) is 0 Å². The van der Waals surface area contributed by atoms with Crippen LogP contribution in [-0.4, -0.2) is 5.91 Å². The number of aryl methyl sites for hydroxylation is 1. The normalized spacial score (nSPS) is 18.8. The highest BCUT2D eigenvalue weighted by atomic mass is 16.1. The van der Waals surface area contributed by atoms with Gasteiger partial charge in [0.2, 0.25) is 5.91 Å². The van der Waals surface area contributed by atoms with Gasteiger partial charge >= 0.3 is 0 Å². The third kappa shape index (κ3) is 1.85. The maximum Gasteiger partial charge on any atom is 0.226 e. The number of amides is 1. The van der Waals surface area contributed by atoms with Crippen LogP contribution in [0.4, 0.5) is 0 Å². The molecule has 0 saturated heterocycles. The van der Waals surface area contributed by atoms with E-state index in [1.165, 1.54) is 5.56 Å². The minimum Gasteiger partial charge on any atom is -0.292 e. The molecule has 15 heavy (non-hydrogen) atoms. The Morgan fingerprint density at radius 1 is 1.47 bits per heavy atom. The van der Waals surface area contributed by atoms with Gasteiger partial charge in [0.25, 0.3) is 0 Å². The second-order valence-electron chi connectivity index (χ2n) is 3.67. The highest BCUT2D eigenvalue weighted by molar-refractivity contribution is 5.85. The first-order valence-electron chi connectivity index (χ1n) is 4.99. The number of carbonyl (C=O) groups is 1. The van der Waals surface area contributed by atoms with Crippen molar-refractivity contribution in [3.05, 3.63) is 45.8 Å². The zero-order chi connectivity index (χ0) is 10.7. The smallest absolute Gasteiger partial charge is 0.226 e. The van der Waals surface area contributed by atoms with E-state index in [9.17, 15) is 4.79 Å². The lowest BCUT2D eigenvalue weighted by molar-refractivity contribution is -0.119. The number of fused-ring (bicyclic) bond motifs is 1. The minimum atomic E-state index is -0.357. The van der Waals surface area contributed by atoms with E-state index >= 15 is 0 Å². The van der Waals surface area contributed by atoms with Crippen LogP contribution in [0.2, 0.25) is 0 Å². The molecule has 0 N–H and O–H groups in total. The molecule has 0 aliphatic heterocycles. The summed E-state index contributed by atoms with van der Waals surface area (Å²) in [6, 6.07) is 7.87. The summed E-state index contributed by atoms with van der Waals surface area (Å²) < 4.78 is 0. The molecule has 0 fully saturated rings.